The highest BCUT2D eigenvalue weighted by molar-refractivity contribution is 5.88. The predicted molar refractivity (Wildman–Crippen MR) is 146 cm³/mol. The molecule has 0 bridgehead atoms. The summed E-state index contributed by atoms with van der Waals surface area (Å²) in [5.74, 6) is 0.865. The van der Waals surface area contributed by atoms with Crippen molar-refractivity contribution in [3.63, 3.8) is 0 Å². The normalized spacial score (nSPS) is 10.8. The molecule has 0 radical (unpaired) electrons. The molecule has 2 N–H and O–H groups in total. The monoisotopic (exact) mass is 499 g/mol. The van der Waals surface area contributed by atoms with Crippen molar-refractivity contribution in [3.05, 3.63) is 76.3 Å². The molecule has 0 saturated heterocycles. The summed E-state index contributed by atoms with van der Waals surface area (Å²) in [5, 5.41) is 2.88. The van der Waals surface area contributed by atoms with E-state index in [0.717, 1.165) is 58.1 Å². The maximum atomic E-state index is 12.4. The molecule has 0 spiro atoms. The third kappa shape index (κ3) is 7.92. The van der Waals surface area contributed by atoms with E-state index in [2.05, 4.69) is 34.8 Å². The molecule has 0 fully saturated rings. The maximum Gasteiger partial charge on any atom is 0.255 e. The number of pyridine rings is 1. The molecule has 2 aromatic carbocycles. The van der Waals surface area contributed by atoms with Gasteiger partial charge in [0.05, 0.1) is 7.11 Å². The van der Waals surface area contributed by atoms with Crippen LogP contribution in [0.25, 0.3) is 21.7 Å². The zero-order valence-corrected chi connectivity index (χ0v) is 22.0. The summed E-state index contributed by atoms with van der Waals surface area (Å²) in [7, 11) is 1.68. The van der Waals surface area contributed by atoms with Crippen LogP contribution < -0.4 is 10.3 Å². The Kier molecular flexibility index (Phi) is 12.1. The average Bonchev–Trinajstić information content (AvgIpc) is 3.38. The van der Waals surface area contributed by atoms with Crippen LogP contribution in [0.5, 0.6) is 5.75 Å². The Labute approximate surface area is 212 Å². The molecule has 2 heterocycles. The van der Waals surface area contributed by atoms with Crippen molar-refractivity contribution in [1.29, 1.82) is 0 Å². The summed E-state index contributed by atoms with van der Waals surface area (Å²) in [6.07, 6.45) is 2.85. The number of ether oxygens (including phenoxy) is 1. The number of aromatic amines is 2. The second kappa shape index (κ2) is 15.0. The lowest BCUT2D eigenvalue weighted by atomic mass is 10.0. The van der Waals surface area contributed by atoms with Crippen molar-refractivity contribution in [3.8, 4) is 5.75 Å². The standard InChI is InChI=1S/C18H26F2N2O.C9H7NO.C2H6/c1-4-9-22(10-5-6-17(19)20)12-15-14-7-8-21-18(14)13(2)11-16(15)23-3;11-9-8-4-2-1-3-7(8)5-6-10-9;1-2/h7-8,11,17,21H,4-6,9-10,12H2,1-3H3;1-6H,(H,10,11);1-2H3. The molecule has 4 rings (SSSR count). The van der Waals surface area contributed by atoms with E-state index in [1.54, 1.807) is 13.3 Å². The van der Waals surface area contributed by atoms with Gasteiger partial charge in [-0.25, -0.2) is 8.78 Å². The Morgan fingerprint density at radius 1 is 1.00 bits per heavy atom. The SMILES string of the molecule is CC.CCCN(CCCC(F)F)Cc1c(OC)cc(C)c2[nH]ccc12.O=c1[nH]ccc2ccccc12. The van der Waals surface area contributed by atoms with Gasteiger partial charge in [0.2, 0.25) is 6.43 Å². The number of fused-ring (bicyclic) bond motifs is 2. The highest BCUT2D eigenvalue weighted by Gasteiger charge is 2.15. The fourth-order valence-corrected chi connectivity index (χ4v) is 4.19. The molecule has 4 aromatic rings. The predicted octanol–water partition coefficient (Wildman–Crippen LogP) is 7.30. The highest BCUT2D eigenvalue weighted by atomic mass is 19.3. The summed E-state index contributed by atoms with van der Waals surface area (Å²) in [6.45, 7) is 10.5. The smallest absolute Gasteiger partial charge is 0.255 e. The summed E-state index contributed by atoms with van der Waals surface area (Å²) in [5.41, 5.74) is 3.36. The van der Waals surface area contributed by atoms with Gasteiger partial charge in [-0.15, -0.1) is 0 Å². The fourth-order valence-electron chi connectivity index (χ4n) is 4.19. The van der Waals surface area contributed by atoms with E-state index in [0.29, 0.717) is 13.0 Å². The number of benzene rings is 2. The van der Waals surface area contributed by atoms with Gasteiger partial charge >= 0.3 is 0 Å². The molecule has 0 atom stereocenters. The van der Waals surface area contributed by atoms with E-state index in [-0.39, 0.29) is 12.0 Å². The molecule has 196 valence electrons. The van der Waals surface area contributed by atoms with Crippen LogP contribution in [0.4, 0.5) is 8.78 Å². The molecule has 0 unspecified atom stereocenters. The van der Waals surface area contributed by atoms with Crippen molar-refractivity contribution in [1.82, 2.24) is 14.9 Å². The number of alkyl halides is 2. The van der Waals surface area contributed by atoms with Crippen molar-refractivity contribution in [2.45, 2.75) is 59.9 Å². The second-order valence-electron chi connectivity index (χ2n) is 8.34. The van der Waals surface area contributed by atoms with Crippen molar-refractivity contribution >= 4 is 21.7 Å². The van der Waals surface area contributed by atoms with Crippen molar-refractivity contribution in [2.75, 3.05) is 20.2 Å². The minimum Gasteiger partial charge on any atom is -0.496 e. The van der Waals surface area contributed by atoms with Crippen molar-refractivity contribution in [2.24, 2.45) is 0 Å². The van der Waals surface area contributed by atoms with Crippen LogP contribution in [0.15, 0.2) is 59.7 Å². The minimum absolute atomic E-state index is 0.0249. The first-order valence-electron chi connectivity index (χ1n) is 12.6. The number of nitrogens with one attached hydrogen (secondary N) is 2. The van der Waals surface area contributed by atoms with Gasteiger partial charge in [0.1, 0.15) is 5.75 Å². The van der Waals surface area contributed by atoms with Crippen LogP contribution in [-0.2, 0) is 6.54 Å². The van der Waals surface area contributed by atoms with Crippen LogP contribution in [-0.4, -0.2) is 41.5 Å². The highest BCUT2D eigenvalue weighted by Crippen LogP contribution is 2.31. The van der Waals surface area contributed by atoms with E-state index >= 15 is 0 Å². The summed E-state index contributed by atoms with van der Waals surface area (Å²) in [4.78, 5) is 19.2. The maximum absolute atomic E-state index is 12.4. The molecule has 7 heteroatoms. The number of aromatic nitrogens is 2. The molecule has 0 saturated carbocycles. The Morgan fingerprint density at radius 3 is 2.39 bits per heavy atom. The van der Waals surface area contributed by atoms with E-state index in [1.807, 2.05) is 56.4 Å². The Morgan fingerprint density at radius 2 is 1.72 bits per heavy atom. The number of aryl methyl sites for hydroxylation is 1. The lowest BCUT2D eigenvalue weighted by Crippen LogP contribution is -2.26. The van der Waals surface area contributed by atoms with E-state index in [1.165, 1.54) is 0 Å². The van der Waals surface area contributed by atoms with E-state index in [4.69, 9.17) is 4.74 Å². The zero-order chi connectivity index (χ0) is 26.5. The summed E-state index contributed by atoms with van der Waals surface area (Å²) in [6, 6.07) is 13.5. The number of nitrogens with zero attached hydrogens (tertiary/aromatic N) is 1. The molecule has 0 aliphatic carbocycles. The molecule has 0 aliphatic rings. The number of hydrogen-bond acceptors (Lipinski definition) is 3. The van der Waals surface area contributed by atoms with Gasteiger partial charge in [0.15, 0.2) is 0 Å². The average molecular weight is 500 g/mol. The topological polar surface area (TPSA) is 61.1 Å². The van der Waals surface area contributed by atoms with Gasteiger partial charge in [-0.2, -0.15) is 0 Å². The first-order chi connectivity index (χ1) is 17.4. The molecular weight excluding hydrogens is 460 g/mol. The summed E-state index contributed by atoms with van der Waals surface area (Å²) >= 11 is 0. The molecule has 5 nitrogen and oxygen atoms in total. The minimum atomic E-state index is -2.22. The van der Waals surface area contributed by atoms with Gasteiger partial charge in [-0.3, -0.25) is 9.69 Å². The van der Waals surface area contributed by atoms with E-state index in [9.17, 15) is 13.6 Å². The molecule has 36 heavy (non-hydrogen) atoms. The third-order valence-electron chi connectivity index (χ3n) is 5.83. The largest absolute Gasteiger partial charge is 0.496 e. The first-order valence-corrected chi connectivity index (χ1v) is 12.6. The van der Waals surface area contributed by atoms with Gasteiger partial charge in [-0.05, 0) is 68.1 Å². The quantitative estimate of drug-likeness (QED) is 0.254. The molecule has 0 aliphatic heterocycles. The second-order valence-corrected chi connectivity index (χ2v) is 8.34. The van der Waals surface area contributed by atoms with Crippen LogP contribution in [0.1, 0.15) is 51.2 Å². The fraction of sp³-hybridized carbons (Fsp3) is 0.414. The molecular formula is C29H39F2N3O2. The van der Waals surface area contributed by atoms with Crippen LogP contribution >= 0.6 is 0 Å². The Balaban J connectivity index is 0.000000291. The lowest BCUT2D eigenvalue weighted by Gasteiger charge is -2.23. The summed E-state index contributed by atoms with van der Waals surface area (Å²) < 4.78 is 30.3. The Hall–Kier alpha value is -3.19. The third-order valence-corrected chi connectivity index (χ3v) is 5.83. The number of rotatable bonds is 9. The number of methoxy groups -OCH3 is 1. The van der Waals surface area contributed by atoms with Crippen LogP contribution in [0, 0.1) is 6.92 Å². The van der Waals surface area contributed by atoms with Crippen molar-refractivity contribution < 1.29 is 13.5 Å². The van der Waals surface area contributed by atoms with Crippen LogP contribution in [0.2, 0.25) is 0 Å². The first kappa shape index (κ1) is 29.0. The Bertz CT molecular complexity index is 1240. The number of halogens is 2. The lowest BCUT2D eigenvalue weighted by molar-refractivity contribution is 0.126. The molecule has 0 amide bonds. The number of H-pyrrole nitrogens is 2. The van der Waals surface area contributed by atoms with Gasteiger partial charge in [-0.1, -0.05) is 39.0 Å². The zero-order valence-electron chi connectivity index (χ0n) is 22.0. The van der Waals surface area contributed by atoms with E-state index < -0.39 is 6.43 Å². The van der Waals surface area contributed by atoms with Gasteiger partial charge < -0.3 is 14.7 Å². The van der Waals surface area contributed by atoms with Gasteiger partial charge in [0, 0.05) is 47.2 Å². The number of hydrogen-bond donors (Lipinski definition) is 2. The van der Waals surface area contributed by atoms with Crippen LogP contribution in [0.3, 0.4) is 0 Å². The van der Waals surface area contributed by atoms with Gasteiger partial charge in [0.25, 0.3) is 5.56 Å². The molecule has 2 aromatic heterocycles.